The highest BCUT2D eigenvalue weighted by Crippen LogP contribution is 2.42. The van der Waals surface area contributed by atoms with Gasteiger partial charge in [0.1, 0.15) is 11.9 Å². The largest absolute Gasteiger partial charge is 0.475 e. The van der Waals surface area contributed by atoms with E-state index in [1.165, 1.54) is 12.1 Å². The Balaban J connectivity index is 2.52. The van der Waals surface area contributed by atoms with Gasteiger partial charge in [0, 0.05) is 21.2 Å². The SMILES string of the molecule is CC(C)(C)c1cc2c(cc1Cl)C=C(C(=O)OC(CBr)CBr)C(C(F)(F)F)O2. The highest BCUT2D eigenvalue weighted by Gasteiger charge is 2.49. The van der Waals surface area contributed by atoms with Crippen molar-refractivity contribution in [2.45, 2.75) is 44.6 Å². The first-order chi connectivity index (χ1) is 12.4. The molecule has 1 heterocycles. The second-order valence-electron chi connectivity index (χ2n) is 7.09. The second-order valence-corrected chi connectivity index (χ2v) is 8.80. The van der Waals surface area contributed by atoms with E-state index < -0.39 is 29.9 Å². The van der Waals surface area contributed by atoms with Gasteiger partial charge in [0.05, 0.1) is 5.57 Å². The van der Waals surface area contributed by atoms with Crippen molar-refractivity contribution in [2.24, 2.45) is 0 Å². The Morgan fingerprint density at radius 3 is 2.33 bits per heavy atom. The number of hydrogen-bond donors (Lipinski definition) is 0. The zero-order valence-electron chi connectivity index (χ0n) is 14.8. The summed E-state index contributed by atoms with van der Waals surface area (Å²) in [6, 6.07) is 3.00. The Morgan fingerprint density at radius 2 is 1.85 bits per heavy atom. The topological polar surface area (TPSA) is 35.5 Å². The lowest BCUT2D eigenvalue weighted by molar-refractivity contribution is -0.188. The number of alkyl halides is 5. The van der Waals surface area contributed by atoms with Crippen LogP contribution in [0.1, 0.15) is 31.9 Å². The van der Waals surface area contributed by atoms with Crippen molar-refractivity contribution in [3.05, 3.63) is 33.9 Å². The molecule has 1 unspecified atom stereocenters. The van der Waals surface area contributed by atoms with Crippen LogP contribution in [0.4, 0.5) is 13.2 Å². The summed E-state index contributed by atoms with van der Waals surface area (Å²) in [7, 11) is 0. The summed E-state index contributed by atoms with van der Waals surface area (Å²) in [6.07, 6.45) is -6.65. The molecule has 0 saturated heterocycles. The van der Waals surface area contributed by atoms with Crippen molar-refractivity contribution in [2.75, 3.05) is 10.7 Å². The van der Waals surface area contributed by atoms with Crippen LogP contribution in [-0.4, -0.2) is 35.0 Å². The van der Waals surface area contributed by atoms with Gasteiger partial charge < -0.3 is 9.47 Å². The first-order valence-electron chi connectivity index (χ1n) is 8.00. The summed E-state index contributed by atoms with van der Waals surface area (Å²) in [5.41, 5.74) is -0.0384. The van der Waals surface area contributed by atoms with Gasteiger partial charge in [0.2, 0.25) is 6.10 Å². The Kier molecular flexibility index (Phi) is 6.96. The minimum absolute atomic E-state index is 0.0285. The number of carbonyl (C=O) groups excluding carboxylic acids is 1. The van der Waals surface area contributed by atoms with Crippen molar-refractivity contribution in [1.82, 2.24) is 0 Å². The van der Waals surface area contributed by atoms with E-state index in [1.54, 1.807) is 0 Å². The van der Waals surface area contributed by atoms with E-state index in [-0.39, 0.29) is 21.8 Å². The Morgan fingerprint density at radius 1 is 1.26 bits per heavy atom. The summed E-state index contributed by atoms with van der Waals surface area (Å²) >= 11 is 12.6. The molecule has 0 saturated carbocycles. The molecule has 1 aromatic carbocycles. The highest BCUT2D eigenvalue weighted by atomic mass is 79.9. The number of halogens is 6. The van der Waals surface area contributed by atoms with Gasteiger partial charge in [0.15, 0.2) is 0 Å². The van der Waals surface area contributed by atoms with Crippen molar-refractivity contribution in [3.63, 3.8) is 0 Å². The number of carbonyl (C=O) groups is 1. The molecule has 0 radical (unpaired) electrons. The molecule has 2 rings (SSSR count). The summed E-state index contributed by atoms with van der Waals surface area (Å²) in [4.78, 5) is 12.4. The zero-order valence-corrected chi connectivity index (χ0v) is 18.7. The predicted octanol–water partition coefficient (Wildman–Crippen LogP) is 6.05. The zero-order chi connectivity index (χ0) is 20.6. The van der Waals surface area contributed by atoms with Crippen molar-refractivity contribution in [3.8, 4) is 5.75 Å². The van der Waals surface area contributed by atoms with E-state index in [0.29, 0.717) is 16.1 Å². The van der Waals surface area contributed by atoms with Gasteiger partial charge in [-0.05, 0) is 29.2 Å². The highest BCUT2D eigenvalue weighted by molar-refractivity contribution is 9.09. The average molecular weight is 535 g/mol. The number of ether oxygens (including phenoxy) is 2. The molecule has 0 spiro atoms. The maximum absolute atomic E-state index is 13.5. The molecule has 0 N–H and O–H groups in total. The van der Waals surface area contributed by atoms with Gasteiger partial charge in [0.25, 0.3) is 0 Å². The van der Waals surface area contributed by atoms with E-state index >= 15 is 0 Å². The van der Waals surface area contributed by atoms with E-state index in [4.69, 9.17) is 21.1 Å². The van der Waals surface area contributed by atoms with Crippen LogP contribution < -0.4 is 4.74 Å². The van der Waals surface area contributed by atoms with Crippen LogP contribution >= 0.6 is 43.5 Å². The van der Waals surface area contributed by atoms with Crippen LogP contribution in [0, 0.1) is 0 Å². The molecule has 1 aromatic rings. The molecule has 0 fully saturated rings. The number of fused-ring (bicyclic) bond motifs is 1. The predicted molar refractivity (Wildman–Crippen MR) is 106 cm³/mol. The molecular formula is C18H18Br2ClF3O3. The molecule has 1 atom stereocenters. The van der Waals surface area contributed by atoms with Gasteiger partial charge in [-0.3, -0.25) is 0 Å². The first-order valence-corrected chi connectivity index (χ1v) is 10.6. The summed E-state index contributed by atoms with van der Waals surface area (Å²) in [5.74, 6) is -1.05. The van der Waals surface area contributed by atoms with Gasteiger partial charge in [-0.2, -0.15) is 13.2 Å². The number of esters is 1. The lowest BCUT2D eigenvalue weighted by atomic mass is 9.85. The van der Waals surface area contributed by atoms with Crippen molar-refractivity contribution < 1.29 is 27.4 Å². The molecule has 150 valence electrons. The Bertz CT molecular complexity index is 753. The summed E-state index contributed by atoms with van der Waals surface area (Å²) < 4.78 is 50.9. The van der Waals surface area contributed by atoms with E-state index in [2.05, 4.69) is 31.9 Å². The maximum Gasteiger partial charge on any atom is 0.430 e. The molecule has 3 nitrogen and oxygen atoms in total. The van der Waals surface area contributed by atoms with Gasteiger partial charge in [-0.1, -0.05) is 64.2 Å². The van der Waals surface area contributed by atoms with Crippen LogP contribution in [0.3, 0.4) is 0 Å². The maximum atomic E-state index is 13.5. The van der Waals surface area contributed by atoms with E-state index in [9.17, 15) is 18.0 Å². The molecule has 0 aromatic heterocycles. The lowest BCUT2D eigenvalue weighted by Crippen LogP contribution is -2.41. The molecule has 1 aliphatic rings. The molecule has 0 amide bonds. The molecule has 9 heteroatoms. The van der Waals surface area contributed by atoms with Crippen molar-refractivity contribution >= 4 is 55.5 Å². The molecule has 0 bridgehead atoms. The minimum atomic E-state index is -4.78. The van der Waals surface area contributed by atoms with E-state index in [0.717, 1.165) is 6.08 Å². The summed E-state index contributed by atoms with van der Waals surface area (Å²) in [6.45, 7) is 5.68. The quantitative estimate of drug-likeness (QED) is 0.349. The van der Waals surface area contributed by atoms with E-state index in [1.807, 2.05) is 20.8 Å². The van der Waals surface area contributed by atoms with Gasteiger partial charge in [-0.25, -0.2) is 4.79 Å². The second kappa shape index (κ2) is 8.33. The molecule has 1 aliphatic heterocycles. The molecule has 0 aliphatic carbocycles. The number of hydrogen-bond acceptors (Lipinski definition) is 3. The fraction of sp³-hybridized carbons (Fsp3) is 0.500. The van der Waals surface area contributed by atoms with Crippen LogP contribution in [0.2, 0.25) is 5.02 Å². The number of rotatable bonds is 4. The Labute approximate surface area is 177 Å². The average Bonchev–Trinajstić information content (AvgIpc) is 2.55. The molecule has 27 heavy (non-hydrogen) atoms. The monoisotopic (exact) mass is 532 g/mol. The minimum Gasteiger partial charge on any atom is -0.475 e. The van der Waals surface area contributed by atoms with Crippen molar-refractivity contribution in [1.29, 1.82) is 0 Å². The third-order valence-electron chi connectivity index (χ3n) is 3.90. The van der Waals surface area contributed by atoms with Crippen LogP contribution in [0.5, 0.6) is 5.75 Å². The third kappa shape index (κ3) is 5.21. The van der Waals surface area contributed by atoms with Gasteiger partial charge in [-0.15, -0.1) is 0 Å². The lowest BCUT2D eigenvalue weighted by Gasteiger charge is -2.30. The first kappa shape index (κ1) is 22.6. The fourth-order valence-electron chi connectivity index (χ4n) is 2.52. The van der Waals surface area contributed by atoms with Gasteiger partial charge >= 0.3 is 12.1 Å². The Hall–Kier alpha value is -0.730. The number of benzene rings is 1. The summed E-state index contributed by atoms with van der Waals surface area (Å²) in [5, 5.41) is 0.955. The standard InChI is InChI=1S/C18H18Br2ClF3O3/c1-17(2,3)12-6-14-9(5-13(12)21)4-11(15(27-14)18(22,23)24)16(25)26-10(7-19)8-20/h4-6,10,15H,7-8H2,1-3H3. The fourth-order valence-corrected chi connectivity index (χ4v) is 4.32. The van der Waals surface area contributed by atoms with Crippen LogP contribution in [0.15, 0.2) is 17.7 Å². The molecular weight excluding hydrogens is 516 g/mol. The van der Waals surface area contributed by atoms with Crippen LogP contribution in [0.25, 0.3) is 6.08 Å². The normalized spacial score (nSPS) is 17.3. The smallest absolute Gasteiger partial charge is 0.430 e. The third-order valence-corrected chi connectivity index (χ3v) is 5.65. The van der Waals surface area contributed by atoms with Crippen LogP contribution in [-0.2, 0) is 14.9 Å².